The maximum atomic E-state index is 3.61. The van der Waals surface area contributed by atoms with Crippen LogP contribution >= 0.6 is 0 Å². The predicted molar refractivity (Wildman–Crippen MR) is 83.9 cm³/mol. The molecule has 0 radical (unpaired) electrons. The van der Waals surface area contributed by atoms with Crippen molar-refractivity contribution >= 4 is 5.69 Å². The molecular formula is C18H23N. The minimum atomic E-state index is 0.319. The Morgan fingerprint density at radius 2 is 1.58 bits per heavy atom. The molecule has 1 heteroatoms. The van der Waals surface area contributed by atoms with Gasteiger partial charge in [-0.3, -0.25) is 0 Å². The highest BCUT2D eigenvalue weighted by Crippen LogP contribution is 2.25. The number of benzene rings is 2. The van der Waals surface area contributed by atoms with Crippen molar-refractivity contribution in [1.82, 2.24) is 0 Å². The fourth-order valence-electron chi connectivity index (χ4n) is 2.26. The number of hydrogen-bond donors (Lipinski definition) is 1. The normalized spacial score (nSPS) is 12.3. The van der Waals surface area contributed by atoms with Gasteiger partial charge in [-0.1, -0.05) is 30.3 Å². The first-order valence-electron chi connectivity index (χ1n) is 6.89. The van der Waals surface area contributed by atoms with Crippen LogP contribution in [0, 0.1) is 27.7 Å². The molecular weight excluding hydrogens is 230 g/mol. The molecule has 0 aromatic heterocycles. The Kier molecular flexibility index (Phi) is 3.94. The van der Waals surface area contributed by atoms with Crippen LogP contribution in [0.2, 0.25) is 0 Å². The molecule has 2 aromatic rings. The number of anilines is 1. The number of hydrogen-bond acceptors (Lipinski definition) is 1. The molecule has 0 saturated carbocycles. The largest absolute Gasteiger partial charge is 0.378 e. The van der Waals surface area contributed by atoms with E-state index in [-0.39, 0.29) is 0 Å². The van der Waals surface area contributed by atoms with Crippen LogP contribution in [0.4, 0.5) is 5.69 Å². The molecule has 1 atom stereocenters. The van der Waals surface area contributed by atoms with Crippen molar-refractivity contribution in [2.45, 2.75) is 40.7 Å². The fraction of sp³-hybridized carbons (Fsp3) is 0.333. The molecule has 19 heavy (non-hydrogen) atoms. The van der Waals surface area contributed by atoms with Gasteiger partial charge in [-0.25, -0.2) is 0 Å². The Morgan fingerprint density at radius 1 is 0.842 bits per heavy atom. The lowest BCUT2D eigenvalue weighted by Crippen LogP contribution is -2.08. The Bertz CT molecular complexity index is 584. The third kappa shape index (κ3) is 2.98. The number of nitrogens with one attached hydrogen (secondary N) is 1. The monoisotopic (exact) mass is 253 g/mol. The molecule has 0 spiro atoms. The van der Waals surface area contributed by atoms with Gasteiger partial charge in [-0.05, 0) is 68.5 Å². The van der Waals surface area contributed by atoms with Crippen molar-refractivity contribution in [1.29, 1.82) is 0 Å². The summed E-state index contributed by atoms with van der Waals surface area (Å²) < 4.78 is 0. The molecule has 0 bridgehead atoms. The first-order chi connectivity index (χ1) is 8.99. The van der Waals surface area contributed by atoms with Crippen molar-refractivity contribution in [2.24, 2.45) is 0 Å². The van der Waals surface area contributed by atoms with Crippen LogP contribution in [-0.4, -0.2) is 0 Å². The summed E-state index contributed by atoms with van der Waals surface area (Å²) in [6.45, 7) is 10.9. The molecule has 1 unspecified atom stereocenters. The molecule has 2 rings (SSSR count). The summed E-state index contributed by atoms with van der Waals surface area (Å²) in [5.41, 5.74) is 7.93. The zero-order chi connectivity index (χ0) is 14.0. The van der Waals surface area contributed by atoms with Gasteiger partial charge in [-0.2, -0.15) is 0 Å². The molecule has 0 aliphatic carbocycles. The maximum Gasteiger partial charge on any atom is 0.0485 e. The Morgan fingerprint density at radius 3 is 2.26 bits per heavy atom. The topological polar surface area (TPSA) is 12.0 Å². The van der Waals surface area contributed by atoms with Crippen molar-refractivity contribution in [3.63, 3.8) is 0 Å². The van der Waals surface area contributed by atoms with Crippen LogP contribution < -0.4 is 5.32 Å². The fourth-order valence-corrected chi connectivity index (χ4v) is 2.26. The van der Waals surface area contributed by atoms with Crippen LogP contribution in [0.5, 0.6) is 0 Å². The van der Waals surface area contributed by atoms with Crippen LogP contribution in [-0.2, 0) is 0 Å². The lowest BCUT2D eigenvalue weighted by atomic mass is 10.0. The van der Waals surface area contributed by atoms with Crippen LogP contribution in [0.3, 0.4) is 0 Å². The lowest BCUT2D eigenvalue weighted by Gasteiger charge is -2.19. The molecule has 0 saturated heterocycles. The minimum Gasteiger partial charge on any atom is -0.378 e. The van der Waals surface area contributed by atoms with E-state index in [0.29, 0.717) is 6.04 Å². The molecule has 0 aliphatic heterocycles. The molecule has 2 aromatic carbocycles. The maximum absolute atomic E-state index is 3.61. The summed E-state index contributed by atoms with van der Waals surface area (Å²) in [6.07, 6.45) is 0. The molecule has 0 heterocycles. The molecule has 0 amide bonds. The van der Waals surface area contributed by atoms with E-state index < -0.39 is 0 Å². The van der Waals surface area contributed by atoms with E-state index in [1.807, 2.05) is 0 Å². The smallest absolute Gasteiger partial charge is 0.0485 e. The SMILES string of the molecule is Cc1ccc(C(C)Nc2cccc(C)c2C)cc1C. The average Bonchev–Trinajstić information content (AvgIpc) is 2.38. The predicted octanol–water partition coefficient (Wildman–Crippen LogP) is 5.09. The zero-order valence-electron chi connectivity index (χ0n) is 12.5. The second-order valence-electron chi connectivity index (χ2n) is 5.46. The van der Waals surface area contributed by atoms with Crippen LogP contribution in [0.15, 0.2) is 36.4 Å². The van der Waals surface area contributed by atoms with Crippen molar-refractivity contribution in [2.75, 3.05) is 5.32 Å². The molecule has 1 nitrogen and oxygen atoms in total. The van der Waals surface area contributed by atoms with Gasteiger partial charge in [0, 0.05) is 11.7 Å². The summed E-state index contributed by atoms with van der Waals surface area (Å²) in [5, 5.41) is 3.61. The molecule has 0 fully saturated rings. The standard InChI is InChI=1S/C18H23N/c1-12-9-10-17(11-14(12)3)16(5)19-18-8-6-7-13(2)15(18)4/h6-11,16,19H,1-5H3. The van der Waals surface area contributed by atoms with Crippen LogP contribution in [0.1, 0.15) is 40.8 Å². The van der Waals surface area contributed by atoms with Crippen LogP contribution in [0.25, 0.3) is 0 Å². The van der Waals surface area contributed by atoms with E-state index in [4.69, 9.17) is 0 Å². The Balaban J connectivity index is 2.23. The van der Waals surface area contributed by atoms with Crippen molar-refractivity contribution < 1.29 is 0 Å². The number of rotatable bonds is 3. The third-order valence-electron chi connectivity index (χ3n) is 4.01. The summed E-state index contributed by atoms with van der Waals surface area (Å²) >= 11 is 0. The van der Waals surface area contributed by atoms with E-state index in [1.165, 1.54) is 33.5 Å². The summed E-state index contributed by atoms with van der Waals surface area (Å²) in [4.78, 5) is 0. The lowest BCUT2D eigenvalue weighted by molar-refractivity contribution is 0.879. The van der Waals surface area contributed by atoms with Gasteiger partial charge in [0.1, 0.15) is 0 Å². The highest BCUT2D eigenvalue weighted by Gasteiger charge is 2.08. The summed E-state index contributed by atoms with van der Waals surface area (Å²) in [5.74, 6) is 0. The van der Waals surface area contributed by atoms with Crippen molar-refractivity contribution in [3.05, 3.63) is 64.2 Å². The van der Waals surface area contributed by atoms with E-state index >= 15 is 0 Å². The highest BCUT2D eigenvalue weighted by molar-refractivity contribution is 5.55. The van der Waals surface area contributed by atoms with Gasteiger partial charge < -0.3 is 5.32 Å². The summed E-state index contributed by atoms with van der Waals surface area (Å²) in [6, 6.07) is 13.4. The van der Waals surface area contributed by atoms with E-state index in [1.54, 1.807) is 0 Å². The van der Waals surface area contributed by atoms with E-state index in [0.717, 1.165) is 0 Å². The minimum absolute atomic E-state index is 0.319. The van der Waals surface area contributed by atoms with Gasteiger partial charge in [0.05, 0.1) is 0 Å². The Hall–Kier alpha value is -1.76. The molecule has 0 aliphatic rings. The van der Waals surface area contributed by atoms with E-state index in [9.17, 15) is 0 Å². The van der Waals surface area contributed by atoms with Gasteiger partial charge in [0.25, 0.3) is 0 Å². The second-order valence-corrected chi connectivity index (χ2v) is 5.46. The van der Waals surface area contributed by atoms with Gasteiger partial charge in [0.15, 0.2) is 0 Å². The average molecular weight is 253 g/mol. The third-order valence-corrected chi connectivity index (χ3v) is 4.01. The molecule has 100 valence electrons. The van der Waals surface area contributed by atoms with Gasteiger partial charge >= 0.3 is 0 Å². The number of aryl methyl sites for hydroxylation is 3. The first kappa shape index (κ1) is 13.7. The quantitative estimate of drug-likeness (QED) is 0.803. The second kappa shape index (κ2) is 5.48. The zero-order valence-corrected chi connectivity index (χ0v) is 12.5. The van der Waals surface area contributed by atoms with E-state index in [2.05, 4.69) is 76.3 Å². The Labute approximate surface area is 116 Å². The first-order valence-corrected chi connectivity index (χ1v) is 6.89. The summed E-state index contributed by atoms with van der Waals surface area (Å²) in [7, 11) is 0. The highest BCUT2D eigenvalue weighted by atomic mass is 14.9. The van der Waals surface area contributed by atoms with Gasteiger partial charge in [-0.15, -0.1) is 0 Å². The van der Waals surface area contributed by atoms with Gasteiger partial charge in [0.2, 0.25) is 0 Å². The van der Waals surface area contributed by atoms with Crippen molar-refractivity contribution in [3.8, 4) is 0 Å². The molecule has 1 N–H and O–H groups in total.